The number of amides is 2. The normalized spacial score (nSPS) is 18.0. The van der Waals surface area contributed by atoms with Gasteiger partial charge in [0, 0.05) is 6.20 Å². The molecule has 0 saturated carbocycles. The van der Waals surface area contributed by atoms with Crippen molar-refractivity contribution >= 4 is 17.7 Å². The maximum absolute atomic E-state index is 12.9. The smallest absolute Gasteiger partial charge is 0.294 e. The molecule has 3 aromatic rings. The summed E-state index contributed by atoms with van der Waals surface area (Å²) >= 11 is 0. The van der Waals surface area contributed by atoms with Crippen LogP contribution in [-0.4, -0.2) is 16.9 Å². The minimum absolute atomic E-state index is 0.110. The number of alkyl halides is 3. The van der Waals surface area contributed by atoms with Crippen LogP contribution in [0.15, 0.2) is 84.0 Å². The molecule has 1 aromatic heterocycles. The maximum atomic E-state index is 12.9. The molecule has 1 aliphatic rings. The predicted octanol–water partition coefficient (Wildman–Crippen LogP) is 4.97. The highest BCUT2D eigenvalue weighted by atomic mass is 19.4. The van der Waals surface area contributed by atoms with Crippen molar-refractivity contribution in [3.63, 3.8) is 0 Å². The van der Waals surface area contributed by atoms with E-state index in [4.69, 9.17) is 0 Å². The number of benzene rings is 2. The standard InChI is InChI=1S/C22H17F3N4O/c23-22(24,25)17-11-12-18(26-14-17)29-19(16-9-5-2-6-10-16)20(28-21(29)30)27-13-15-7-3-1-4-8-15/h1-12,14,19H,13H2,(H,27,28,30). The number of pyridine rings is 1. The number of carbonyl (C=O) groups excluding carboxylic acids is 1. The number of carbonyl (C=O) groups is 1. The third-order valence-electron chi connectivity index (χ3n) is 4.68. The van der Waals surface area contributed by atoms with Crippen molar-refractivity contribution in [1.29, 1.82) is 0 Å². The second-order valence-electron chi connectivity index (χ2n) is 6.70. The van der Waals surface area contributed by atoms with Gasteiger partial charge in [0.05, 0.1) is 12.1 Å². The molecule has 1 N–H and O–H groups in total. The third-order valence-corrected chi connectivity index (χ3v) is 4.68. The van der Waals surface area contributed by atoms with Crippen molar-refractivity contribution in [1.82, 2.24) is 10.3 Å². The molecule has 0 bridgehead atoms. The molecule has 5 nitrogen and oxygen atoms in total. The van der Waals surface area contributed by atoms with Gasteiger partial charge in [-0.2, -0.15) is 13.2 Å². The van der Waals surface area contributed by atoms with Gasteiger partial charge in [-0.3, -0.25) is 15.2 Å². The van der Waals surface area contributed by atoms with Crippen molar-refractivity contribution in [3.8, 4) is 0 Å². The number of aromatic nitrogens is 1. The van der Waals surface area contributed by atoms with Gasteiger partial charge in [-0.1, -0.05) is 60.7 Å². The second kappa shape index (κ2) is 7.98. The molecule has 1 fully saturated rings. The number of halogens is 3. The summed E-state index contributed by atoms with van der Waals surface area (Å²) in [5.41, 5.74) is 0.863. The summed E-state index contributed by atoms with van der Waals surface area (Å²) in [6.45, 7) is 0.355. The summed E-state index contributed by atoms with van der Waals surface area (Å²) in [4.78, 5) is 22.5. The molecule has 0 radical (unpaired) electrons. The summed E-state index contributed by atoms with van der Waals surface area (Å²) in [7, 11) is 0. The van der Waals surface area contributed by atoms with Crippen LogP contribution in [-0.2, 0) is 12.7 Å². The molecule has 1 unspecified atom stereocenters. The summed E-state index contributed by atoms with van der Waals surface area (Å²) in [5, 5.41) is 2.74. The SMILES string of the molecule is O=C1NC(=NCc2ccccc2)C(c2ccccc2)N1c1ccc(C(F)(F)F)cn1. The number of nitrogens with zero attached hydrogens (tertiary/aromatic N) is 3. The van der Waals surface area contributed by atoms with E-state index in [0.717, 1.165) is 23.4 Å². The van der Waals surface area contributed by atoms with Crippen molar-refractivity contribution in [3.05, 3.63) is 95.7 Å². The highest BCUT2D eigenvalue weighted by Gasteiger charge is 2.40. The number of nitrogens with one attached hydrogen (secondary N) is 1. The van der Waals surface area contributed by atoms with Crippen molar-refractivity contribution in [2.24, 2.45) is 4.99 Å². The molecule has 4 rings (SSSR count). The zero-order valence-corrected chi connectivity index (χ0v) is 15.7. The van der Waals surface area contributed by atoms with Crippen LogP contribution in [0.3, 0.4) is 0 Å². The van der Waals surface area contributed by atoms with Crippen LogP contribution in [0.5, 0.6) is 0 Å². The monoisotopic (exact) mass is 410 g/mol. The fourth-order valence-electron chi connectivity index (χ4n) is 3.24. The highest BCUT2D eigenvalue weighted by Crippen LogP contribution is 2.33. The fraction of sp³-hybridized carbons (Fsp3) is 0.136. The molecule has 8 heteroatoms. The number of urea groups is 1. The Bertz CT molecular complexity index is 1050. The minimum Gasteiger partial charge on any atom is -0.294 e. The van der Waals surface area contributed by atoms with Crippen LogP contribution in [0.1, 0.15) is 22.7 Å². The Morgan fingerprint density at radius 3 is 2.23 bits per heavy atom. The summed E-state index contributed by atoms with van der Waals surface area (Å²) in [6, 6.07) is 19.7. The van der Waals surface area contributed by atoms with Crippen LogP contribution in [0.2, 0.25) is 0 Å². The van der Waals surface area contributed by atoms with Gasteiger partial charge >= 0.3 is 12.2 Å². The second-order valence-corrected chi connectivity index (χ2v) is 6.70. The minimum atomic E-state index is -4.50. The number of rotatable bonds is 4. The molecule has 1 aliphatic heterocycles. The van der Waals surface area contributed by atoms with Crippen molar-refractivity contribution in [2.45, 2.75) is 18.8 Å². The van der Waals surface area contributed by atoms with E-state index in [1.165, 1.54) is 11.0 Å². The first-order valence-corrected chi connectivity index (χ1v) is 9.20. The van der Waals surface area contributed by atoms with Crippen molar-refractivity contribution < 1.29 is 18.0 Å². The van der Waals surface area contributed by atoms with Gasteiger partial charge < -0.3 is 0 Å². The Hall–Kier alpha value is -3.68. The predicted molar refractivity (Wildman–Crippen MR) is 107 cm³/mol. The average molecular weight is 410 g/mol. The molecule has 152 valence electrons. The first-order chi connectivity index (χ1) is 14.4. The lowest BCUT2D eigenvalue weighted by molar-refractivity contribution is -0.137. The van der Waals surface area contributed by atoms with Gasteiger partial charge in [0.25, 0.3) is 0 Å². The van der Waals surface area contributed by atoms with E-state index in [1.807, 2.05) is 60.7 Å². The van der Waals surface area contributed by atoms with Crippen LogP contribution in [0, 0.1) is 0 Å². The summed E-state index contributed by atoms with van der Waals surface area (Å²) < 4.78 is 38.7. The molecule has 1 saturated heterocycles. The lowest BCUT2D eigenvalue weighted by Gasteiger charge is -2.22. The van der Waals surface area contributed by atoms with E-state index in [2.05, 4.69) is 15.3 Å². The van der Waals surface area contributed by atoms with Gasteiger partial charge in [0.15, 0.2) is 0 Å². The number of anilines is 1. The molecule has 2 heterocycles. The molecule has 0 spiro atoms. The molecule has 2 amide bonds. The average Bonchev–Trinajstić information content (AvgIpc) is 3.09. The van der Waals surface area contributed by atoms with Crippen LogP contribution in [0.4, 0.5) is 23.8 Å². The Kier molecular flexibility index (Phi) is 5.22. The molecule has 30 heavy (non-hydrogen) atoms. The number of hydrogen-bond donors (Lipinski definition) is 1. The topological polar surface area (TPSA) is 57.6 Å². The Morgan fingerprint density at radius 1 is 0.967 bits per heavy atom. The summed E-state index contributed by atoms with van der Waals surface area (Å²) in [6.07, 6.45) is -3.77. The van der Waals surface area contributed by atoms with Gasteiger partial charge in [0.2, 0.25) is 0 Å². The molecular formula is C22H17F3N4O. The quantitative estimate of drug-likeness (QED) is 0.660. The number of amidine groups is 1. The van der Waals surface area contributed by atoms with E-state index < -0.39 is 23.8 Å². The lowest BCUT2D eigenvalue weighted by Crippen LogP contribution is -2.30. The maximum Gasteiger partial charge on any atom is 0.417 e. The molecule has 0 aliphatic carbocycles. The van der Waals surface area contributed by atoms with E-state index in [9.17, 15) is 18.0 Å². The van der Waals surface area contributed by atoms with Gasteiger partial charge in [-0.05, 0) is 23.3 Å². The molecular weight excluding hydrogens is 393 g/mol. The van der Waals surface area contributed by atoms with Gasteiger partial charge in [-0.15, -0.1) is 0 Å². The van der Waals surface area contributed by atoms with Crippen LogP contribution >= 0.6 is 0 Å². The Labute approximate surface area is 170 Å². The lowest BCUT2D eigenvalue weighted by atomic mass is 10.1. The third kappa shape index (κ3) is 4.03. The highest BCUT2D eigenvalue weighted by molar-refractivity contribution is 6.16. The fourth-order valence-corrected chi connectivity index (χ4v) is 3.24. The van der Waals surface area contributed by atoms with E-state index >= 15 is 0 Å². The number of aliphatic imine (C=N–C) groups is 1. The van der Waals surface area contributed by atoms with Gasteiger partial charge in [-0.25, -0.2) is 9.78 Å². The Morgan fingerprint density at radius 2 is 1.63 bits per heavy atom. The van der Waals surface area contributed by atoms with Crippen molar-refractivity contribution in [2.75, 3.05) is 4.90 Å². The first kappa shape index (κ1) is 19.6. The molecule has 1 atom stereocenters. The van der Waals surface area contributed by atoms with E-state index in [1.54, 1.807) is 0 Å². The van der Waals surface area contributed by atoms with E-state index in [-0.39, 0.29) is 5.82 Å². The number of hydrogen-bond acceptors (Lipinski definition) is 3. The molecule has 2 aromatic carbocycles. The van der Waals surface area contributed by atoms with Gasteiger partial charge in [0.1, 0.15) is 17.7 Å². The largest absolute Gasteiger partial charge is 0.417 e. The summed E-state index contributed by atoms with van der Waals surface area (Å²) in [5.74, 6) is 0.524. The Balaban J connectivity index is 1.71. The van der Waals surface area contributed by atoms with E-state index in [0.29, 0.717) is 12.4 Å². The van der Waals surface area contributed by atoms with Crippen LogP contribution < -0.4 is 10.2 Å². The van der Waals surface area contributed by atoms with Crippen LogP contribution in [0.25, 0.3) is 0 Å². The zero-order valence-electron chi connectivity index (χ0n) is 15.7. The first-order valence-electron chi connectivity index (χ1n) is 9.20. The zero-order chi connectivity index (χ0) is 21.1.